The van der Waals surface area contributed by atoms with E-state index in [0.717, 1.165) is 40.5 Å². The van der Waals surface area contributed by atoms with Crippen molar-refractivity contribution in [2.75, 3.05) is 11.9 Å². The fourth-order valence-corrected chi connectivity index (χ4v) is 3.85. The predicted octanol–water partition coefficient (Wildman–Crippen LogP) is 4.72. The van der Waals surface area contributed by atoms with Crippen LogP contribution < -0.4 is 5.32 Å². The zero-order valence-corrected chi connectivity index (χ0v) is 14.8. The number of fused-ring (bicyclic) bond motifs is 1. The third-order valence-corrected chi connectivity index (χ3v) is 4.90. The Labute approximate surface area is 150 Å². The number of anilines is 1. The highest BCUT2D eigenvalue weighted by atomic mass is 32.1. The van der Waals surface area contributed by atoms with E-state index in [0.29, 0.717) is 0 Å². The number of nitrogens with zero attached hydrogens (tertiary/aromatic N) is 3. The first-order chi connectivity index (χ1) is 12.3. The van der Waals surface area contributed by atoms with Crippen LogP contribution >= 0.6 is 11.3 Å². The van der Waals surface area contributed by atoms with Crippen LogP contribution in [-0.4, -0.2) is 21.5 Å². The number of aromatic nitrogens is 3. The first-order valence-corrected chi connectivity index (χ1v) is 9.14. The molecule has 0 aliphatic heterocycles. The van der Waals surface area contributed by atoms with Gasteiger partial charge in [-0.2, -0.15) is 0 Å². The maximum absolute atomic E-state index is 4.65. The van der Waals surface area contributed by atoms with E-state index in [-0.39, 0.29) is 0 Å². The summed E-state index contributed by atoms with van der Waals surface area (Å²) in [6, 6.07) is 16.4. The third kappa shape index (κ3) is 3.37. The molecule has 0 radical (unpaired) electrons. The minimum absolute atomic E-state index is 0.784. The van der Waals surface area contributed by atoms with Gasteiger partial charge in [0.2, 0.25) is 0 Å². The molecule has 0 aliphatic carbocycles. The van der Waals surface area contributed by atoms with Crippen molar-refractivity contribution in [1.82, 2.24) is 15.0 Å². The van der Waals surface area contributed by atoms with E-state index in [1.165, 1.54) is 11.1 Å². The molecule has 4 rings (SSSR count). The molecule has 0 atom stereocenters. The summed E-state index contributed by atoms with van der Waals surface area (Å²) in [4.78, 5) is 14.7. The van der Waals surface area contributed by atoms with Gasteiger partial charge in [0.25, 0.3) is 0 Å². The molecule has 0 spiro atoms. The van der Waals surface area contributed by atoms with E-state index < -0.39 is 0 Å². The lowest BCUT2D eigenvalue weighted by molar-refractivity contribution is 0.950. The maximum Gasteiger partial charge on any atom is 0.139 e. The van der Waals surface area contributed by atoms with Crippen molar-refractivity contribution < 1.29 is 0 Å². The van der Waals surface area contributed by atoms with Crippen LogP contribution in [0.4, 0.5) is 5.82 Å². The highest BCUT2D eigenvalue weighted by Crippen LogP contribution is 2.36. The Kier molecular flexibility index (Phi) is 4.39. The van der Waals surface area contributed by atoms with Gasteiger partial charge < -0.3 is 5.32 Å². The summed E-state index contributed by atoms with van der Waals surface area (Å²) in [5.74, 6) is 1.69. The number of hydrogen-bond donors (Lipinski definition) is 1. The molecule has 3 heterocycles. The Morgan fingerprint density at radius 1 is 1.00 bits per heavy atom. The molecule has 25 heavy (non-hydrogen) atoms. The van der Waals surface area contributed by atoms with Crippen LogP contribution in [0.15, 0.2) is 60.1 Å². The molecule has 5 heteroatoms. The lowest BCUT2D eigenvalue weighted by atomic mass is 10.1. The monoisotopic (exact) mass is 346 g/mol. The third-order valence-electron chi connectivity index (χ3n) is 4.03. The number of benzene rings is 1. The summed E-state index contributed by atoms with van der Waals surface area (Å²) in [5, 5.41) is 6.75. The summed E-state index contributed by atoms with van der Waals surface area (Å²) < 4.78 is 0. The fourth-order valence-electron chi connectivity index (χ4n) is 2.86. The number of pyridine rings is 1. The fraction of sp³-hybridized carbons (Fsp3) is 0.150. The molecule has 0 saturated carbocycles. The predicted molar refractivity (Wildman–Crippen MR) is 104 cm³/mol. The second kappa shape index (κ2) is 6.99. The minimum Gasteiger partial charge on any atom is -0.369 e. The molecule has 1 N–H and O–H groups in total. The zero-order chi connectivity index (χ0) is 17.1. The van der Waals surface area contributed by atoms with E-state index in [9.17, 15) is 0 Å². The molecular formula is C20H18N4S. The Hall–Kier alpha value is -2.79. The molecule has 0 fully saturated rings. The summed E-state index contributed by atoms with van der Waals surface area (Å²) in [5.41, 5.74) is 3.44. The van der Waals surface area contributed by atoms with Gasteiger partial charge in [-0.15, -0.1) is 11.3 Å². The van der Waals surface area contributed by atoms with Gasteiger partial charge in [0.1, 0.15) is 16.5 Å². The van der Waals surface area contributed by atoms with Crippen molar-refractivity contribution in [3.63, 3.8) is 0 Å². The van der Waals surface area contributed by atoms with Crippen molar-refractivity contribution in [2.24, 2.45) is 0 Å². The topological polar surface area (TPSA) is 50.7 Å². The van der Waals surface area contributed by atoms with Gasteiger partial charge in [-0.1, -0.05) is 36.4 Å². The van der Waals surface area contributed by atoms with E-state index in [2.05, 4.69) is 49.9 Å². The van der Waals surface area contributed by atoms with Crippen LogP contribution in [0.1, 0.15) is 11.5 Å². The summed E-state index contributed by atoms with van der Waals surface area (Å²) in [6.45, 7) is 2.72. The smallest absolute Gasteiger partial charge is 0.139 e. The molecule has 124 valence electrons. The molecule has 4 nitrogen and oxygen atoms in total. The maximum atomic E-state index is 4.65. The molecule has 1 aromatic carbocycles. The van der Waals surface area contributed by atoms with Crippen molar-refractivity contribution in [2.45, 2.75) is 13.3 Å². The Morgan fingerprint density at radius 2 is 1.84 bits per heavy atom. The highest BCUT2D eigenvalue weighted by molar-refractivity contribution is 7.17. The van der Waals surface area contributed by atoms with Crippen LogP contribution in [0.2, 0.25) is 0 Å². The van der Waals surface area contributed by atoms with Crippen LogP contribution in [0, 0.1) is 6.92 Å². The number of aryl methyl sites for hydroxylation is 1. The van der Waals surface area contributed by atoms with Crippen molar-refractivity contribution in [1.29, 1.82) is 0 Å². The van der Waals surface area contributed by atoms with Gasteiger partial charge in [0.05, 0.1) is 5.39 Å². The van der Waals surface area contributed by atoms with Gasteiger partial charge in [0, 0.05) is 35.8 Å². The molecule has 0 bridgehead atoms. The lowest BCUT2D eigenvalue weighted by Gasteiger charge is -2.09. The molecule has 0 amide bonds. The average molecular weight is 346 g/mol. The van der Waals surface area contributed by atoms with E-state index >= 15 is 0 Å². The van der Waals surface area contributed by atoms with Crippen LogP contribution in [0.5, 0.6) is 0 Å². The Balaban J connectivity index is 1.66. The SMILES string of the molecule is Cc1nc(NCCc2ccccn2)c2c(-c3ccccc3)csc2n1. The Morgan fingerprint density at radius 3 is 2.64 bits per heavy atom. The number of hydrogen-bond acceptors (Lipinski definition) is 5. The van der Waals surface area contributed by atoms with Crippen LogP contribution in [0.3, 0.4) is 0 Å². The second-order valence-corrected chi connectivity index (χ2v) is 6.67. The van der Waals surface area contributed by atoms with Gasteiger partial charge >= 0.3 is 0 Å². The quantitative estimate of drug-likeness (QED) is 0.568. The zero-order valence-electron chi connectivity index (χ0n) is 13.9. The van der Waals surface area contributed by atoms with E-state index in [1.54, 1.807) is 11.3 Å². The van der Waals surface area contributed by atoms with E-state index in [1.807, 2.05) is 37.4 Å². The van der Waals surface area contributed by atoms with Gasteiger partial charge in [0.15, 0.2) is 0 Å². The lowest BCUT2D eigenvalue weighted by Crippen LogP contribution is -2.08. The summed E-state index contributed by atoms with van der Waals surface area (Å²) in [7, 11) is 0. The molecule has 3 aromatic heterocycles. The first kappa shape index (κ1) is 15.7. The van der Waals surface area contributed by atoms with Gasteiger partial charge in [-0.3, -0.25) is 4.98 Å². The minimum atomic E-state index is 0.784. The Bertz CT molecular complexity index is 981. The summed E-state index contributed by atoms with van der Waals surface area (Å²) in [6.07, 6.45) is 2.69. The normalized spacial score (nSPS) is 10.9. The molecule has 0 saturated heterocycles. The van der Waals surface area contributed by atoms with Crippen LogP contribution in [-0.2, 0) is 6.42 Å². The van der Waals surface area contributed by atoms with Gasteiger partial charge in [-0.25, -0.2) is 9.97 Å². The van der Waals surface area contributed by atoms with Crippen molar-refractivity contribution >= 4 is 27.4 Å². The standard InChI is InChI=1S/C20H18N4S/c1-14-23-19(22-12-10-16-9-5-6-11-21-16)18-17(13-25-20(18)24-14)15-7-3-2-4-8-15/h2-9,11,13H,10,12H2,1H3,(H,22,23,24). The molecule has 0 aliphatic rings. The second-order valence-electron chi connectivity index (χ2n) is 5.81. The largest absolute Gasteiger partial charge is 0.369 e. The molecule has 4 aromatic rings. The van der Waals surface area contributed by atoms with Crippen LogP contribution in [0.25, 0.3) is 21.3 Å². The van der Waals surface area contributed by atoms with Gasteiger partial charge in [-0.05, 0) is 24.6 Å². The molecule has 0 unspecified atom stereocenters. The first-order valence-electron chi connectivity index (χ1n) is 8.26. The number of rotatable bonds is 5. The average Bonchev–Trinajstić information content (AvgIpc) is 3.07. The number of thiophene rings is 1. The number of nitrogens with one attached hydrogen (secondary N) is 1. The van der Waals surface area contributed by atoms with E-state index in [4.69, 9.17) is 0 Å². The summed E-state index contributed by atoms with van der Waals surface area (Å²) >= 11 is 1.66. The van der Waals surface area contributed by atoms with Crippen molar-refractivity contribution in [3.8, 4) is 11.1 Å². The van der Waals surface area contributed by atoms with Crippen molar-refractivity contribution in [3.05, 3.63) is 71.6 Å². The molecular weight excluding hydrogens is 328 g/mol. The highest BCUT2D eigenvalue weighted by Gasteiger charge is 2.14.